The van der Waals surface area contributed by atoms with E-state index < -0.39 is 24.0 Å². The molecule has 1 heterocycles. The topological polar surface area (TPSA) is 93.1 Å². The summed E-state index contributed by atoms with van der Waals surface area (Å²) >= 11 is 0. The fourth-order valence-corrected chi connectivity index (χ4v) is 2.54. The van der Waals surface area contributed by atoms with Crippen molar-refractivity contribution in [3.05, 3.63) is 23.3 Å². The van der Waals surface area contributed by atoms with Gasteiger partial charge in [0.25, 0.3) is 0 Å². The van der Waals surface area contributed by atoms with Crippen LogP contribution in [0.25, 0.3) is 0 Å². The molecule has 2 N–H and O–H groups in total. The molecule has 2 rings (SSSR count). The summed E-state index contributed by atoms with van der Waals surface area (Å²) in [4.78, 5) is 23.3. The van der Waals surface area contributed by atoms with Crippen LogP contribution in [-0.2, 0) is 14.3 Å². The van der Waals surface area contributed by atoms with Crippen LogP contribution < -0.4 is 4.74 Å². The van der Waals surface area contributed by atoms with Gasteiger partial charge in [0.05, 0.1) is 0 Å². The molecule has 0 fully saturated rings. The first-order chi connectivity index (χ1) is 9.86. The first kappa shape index (κ1) is 15.3. The Morgan fingerprint density at radius 3 is 2.71 bits per heavy atom. The Morgan fingerprint density at radius 1 is 1.48 bits per heavy atom. The predicted molar refractivity (Wildman–Crippen MR) is 73.0 cm³/mol. The fourth-order valence-electron chi connectivity index (χ4n) is 2.54. The smallest absolute Gasteiger partial charge is 0.353 e. The van der Waals surface area contributed by atoms with E-state index in [4.69, 9.17) is 9.47 Å². The maximum Gasteiger partial charge on any atom is 0.353 e. The summed E-state index contributed by atoms with van der Waals surface area (Å²) in [5, 5.41) is 19.5. The molecule has 21 heavy (non-hydrogen) atoms. The Labute approximate surface area is 122 Å². The second-order valence-electron chi connectivity index (χ2n) is 5.29. The average molecular weight is 294 g/mol. The van der Waals surface area contributed by atoms with Gasteiger partial charge in [0.15, 0.2) is 11.5 Å². The highest BCUT2D eigenvalue weighted by molar-refractivity contribution is 5.85. The van der Waals surface area contributed by atoms with Crippen LogP contribution in [0.1, 0.15) is 30.9 Å². The molecule has 6 nitrogen and oxygen atoms in total. The van der Waals surface area contributed by atoms with E-state index in [1.165, 1.54) is 6.92 Å². The van der Waals surface area contributed by atoms with Crippen molar-refractivity contribution in [2.75, 3.05) is 6.61 Å². The third-order valence-electron chi connectivity index (χ3n) is 3.68. The molecule has 0 saturated carbocycles. The molecule has 6 heteroatoms. The predicted octanol–water partition coefficient (Wildman–Crippen LogP) is 1.26. The summed E-state index contributed by atoms with van der Waals surface area (Å²) < 4.78 is 10.2. The van der Waals surface area contributed by atoms with Crippen molar-refractivity contribution in [1.82, 2.24) is 0 Å². The van der Waals surface area contributed by atoms with Crippen molar-refractivity contribution in [1.29, 1.82) is 0 Å². The molecule has 1 aliphatic heterocycles. The molecule has 1 aliphatic rings. The second kappa shape index (κ2) is 5.73. The second-order valence-corrected chi connectivity index (χ2v) is 5.29. The van der Waals surface area contributed by atoms with Crippen molar-refractivity contribution in [3.8, 4) is 11.5 Å². The van der Waals surface area contributed by atoms with Gasteiger partial charge in [0, 0.05) is 25.0 Å². The number of hydrogen-bond donors (Lipinski definition) is 2. The van der Waals surface area contributed by atoms with Crippen LogP contribution in [0.15, 0.2) is 12.1 Å². The van der Waals surface area contributed by atoms with Gasteiger partial charge in [0.1, 0.15) is 0 Å². The van der Waals surface area contributed by atoms with Crippen molar-refractivity contribution < 1.29 is 29.3 Å². The van der Waals surface area contributed by atoms with E-state index in [9.17, 15) is 19.8 Å². The van der Waals surface area contributed by atoms with Crippen LogP contribution in [-0.4, -0.2) is 34.9 Å². The summed E-state index contributed by atoms with van der Waals surface area (Å²) in [7, 11) is 0. The van der Waals surface area contributed by atoms with E-state index in [1.807, 2.05) is 0 Å². The number of aryl methyl sites for hydroxylation is 1. The Hall–Kier alpha value is -2.08. The lowest BCUT2D eigenvalue weighted by Gasteiger charge is -2.34. The van der Waals surface area contributed by atoms with Gasteiger partial charge in [-0.15, -0.1) is 0 Å². The molecule has 0 aromatic heterocycles. The zero-order chi connectivity index (χ0) is 15.7. The molecule has 0 bridgehead atoms. The number of rotatable bonds is 3. The molecular formula is C15H18O6. The Morgan fingerprint density at radius 2 is 2.14 bits per heavy atom. The van der Waals surface area contributed by atoms with Gasteiger partial charge < -0.3 is 19.7 Å². The Bertz CT molecular complexity index is 580. The molecule has 0 unspecified atom stereocenters. The highest BCUT2D eigenvalue weighted by Gasteiger charge is 2.44. The highest BCUT2D eigenvalue weighted by atomic mass is 16.6. The molecule has 0 saturated heterocycles. The molecule has 1 aromatic rings. The number of ether oxygens (including phenoxy) is 2. The van der Waals surface area contributed by atoms with Gasteiger partial charge in [-0.05, 0) is 18.4 Å². The summed E-state index contributed by atoms with van der Waals surface area (Å²) in [6.07, 6.45) is -1.13. The van der Waals surface area contributed by atoms with Gasteiger partial charge >= 0.3 is 11.9 Å². The van der Waals surface area contributed by atoms with Crippen molar-refractivity contribution >= 4 is 11.9 Å². The number of aliphatic hydroxyl groups is 1. The van der Waals surface area contributed by atoms with Gasteiger partial charge in [-0.3, -0.25) is 4.79 Å². The molecule has 0 aliphatic carbocycles. The van der Waals surface area contributed by atoms with E-state index in [1.54, 1.807) is 26.0 Å². The average Bonchev–Trinajstić information content (AvgIpc) is 2.43. The molecule has 1 aromatic carbocycles. The molecule has 3 atom stereocenters. The van der Waals surface area contributed by atoms with Crippen molar-refractivity contribution in [3.63, 3.8) is 0 Å². The molecule has 0 radical (unpaired) electrons. The van der Waals surface area contributed by atoms with Gasteiger partial charge in [0.2, 0.25) is 6.10 Å². The zero-order valence-electron chi connectivity index (χ0n) is 12.1. The number of aromatic hydroxyl groups is 1. The first-order valence-corrected chi connectivity index (χ1v) is 6.69. The number of phenols is 1. The third kappa shape index (κ3) is 2.71. The number of esters is 2. The van der Waals surface area contributed by atoms with Gasteiger partial charge in [-0.1, -0.05) is 19.1 Å². The minimum Gasteiger partial charge on any atom is -0.504 e. The normalized spacial score (nSPS) is 22.2. The summed E-state index contributed by atoms with van der Waals surface area (Å²) in [5.41, 5.74) is 1.12. The number of carbonyl (C=O) groups is 2. The van der Waals surface area contributed by atoms with Crippen LogP contribution in [0.4, 0.5) is 0 Å². The van der Waals surface area contributed by atoms with Gasteiger partial charge in [-0.2, -0.15) is 0 Å². The van der Waals surface area contributed by atoms with E-state index in [2.05, 4.69) is 0 Å². The van der Waals surface area contributed by atoms with Crippen LogP contribution >= 0.6 is 0 Å². The molecule has 114 valence electrons. The number of hydrogen-bond acceptors (Lipinski definition) is 6. The Balaban J connectivity index is 2.55. The number of fused-ring (bicyclic) bond motifs is 1. The van der Waals surface area contributed by atoms with Crippen LogP contribution in [0.2, 0.25) is 0 Å². The monoisotopic (exact) mass is 294 g/mol. The number of phenolic OH excluding ortho intramolecular Hbond substituents is 1. The Kier molecular flexibility index (Phi) is 4.18. The highest BCUT2D eigenvalue weighted by Crippen LogP contribution is 2.45. The lowest BCUT2D eigenvalue weighted by Crippen LogP contribution is -2.42. The standard InChI is InChI=1S/C15H18O6/c1-7-4-5-10-11(8(2)6-16)14(20-9(3)17)15(19)21-13(10)12(7)18/h4-5,8,11,14,16,18H,6H2,1-3H3/t8-,11-,14+/m1/s1. The van der Waals surface area contributed by atoms with E-state index in [-0.39, 0.29) is 24.0 Å². The summed E-state index contributed by atoms with van der Waals surface area (Å²) in [5.74, 6) is -2.30. The van der Waals surface area contributed by atoms with Crippen molar-refractivity contribution in [2.24, 2.45) is 5.92 Å². The molecule has 0 spiro atoms. The summed E-state index contributed by atoms with van der Waals surface area (Å²) in [6, 6.07) is 3.40. The maximum absolute atomic E-state index is 12.1. The van der Waals surface area contributed by atoms with Crippen LogP contribution in [0, 0.1) is 12.8 Å². The van der Waals surface area contributed by atoms with E-state index in [0.29, 0.717) is 11.1 Å². The maximum atomic E-state index is 12.1. The largest absolute Gasteiger partial charge is 0.504 e. The molecule has 0 amide bonds. The van der Waals surface area contributed by atoms with Crippen LogP contribution in [0.5, 0.6) is 11.5 Å². The first-order valence-electron chi connectivity index (χ1n) is 6.69. The third-order valence-corrected chi connectivity index (χ3v) is 3.68. The number of benzene rings is 1. The SMILES string of the molecule is CC(=O)O[C@@H]1C(=O)Oc2c(ccc(C)c2O)[C@H]1[C@H](C)CO. The van der Waals surface area contributed by atoms with Crippen molar-refractivity contribution in [2.45, 2.75) is 32.8 Å². The minimum atomic E-state index is -1.13. The lowest BCUT2D eigenvalue weighted by molar-refractivity contribution is -0.165. The minimum absolute atomic E-state index is 0.0775. The van der Waals surface area contributed by atoms with E-state index in [0.717, 1.165) is 0 Å². The molecular weight excluding hydrogens is 276 g/mol. The lowest BCUT2D eigenvalue weighted by atomic mass is 9.80. The van der Waals surface area contributed by atoms with Crippen LogP contribution in [0.3, 0.4) is 0 Å². The zero-order valence-corrected chi connectivity index (χ0v) is 12.1. The number of aliphatic hydroxyl groups excluding tert-OH is 1. The summed E-state index contributed by atoms with van der Waals surface area (Å²) in [6.45, 7) is 4.44. The quantitative estimate of drug-likeness (QED) is 0.644. The van der Waals surface area contributed by atoms with E-state index >= 15 is 0 Å². The van der Waals surface area contributed by atoms with Gasteiger partial charge in [-0.25, -0.2) is 4.79 Å². The fraction of sp³-hybridized carbons (Fsp3) is 0.467. The number of carbonyl (C=O) groups excluding carboxylic acids is 2.